The molecule has 2 rings (SSSR count). The fraction of sp³-hybridized carbons (Fsp3) is 0.0909. The van der Waals surface area contributed by atoms with E-state index in [1.54, 1.807) is 30.3 Å². The lowest BCUT2D eigenvalue weighted by atomic mass is 9.99. The van der Waals surface area contributed by atoms with Crippen molar-refractivity contribution in [3.05, 3.63) is 42.6 Å². The molecule has 0 amide bonds. The van der Waals surface area contributed by atoms with Crippen molar-refractivity contribution >= 4 is 17.6 Å². The van der Waals surface area contributed by atoms with Crippen LogP contribution in [0.2, 0.25) is 0 Å². The molecule has 1 heterocycles. The predicted octanol–water partition coefficient (Wildman–Crippen LogP) is 0.433. The van der Waals surface area contributed by atoms with Crippen LogP contribution in [-0.4, -0.2) is 27.7 Å². The number of para-hydroxylation sites is 1. The number of rotatable bonds is 3. The van der Waals surface area contributed by atoms with Gasteiger partial charge >= 0.3 is 11.9 Å². The van der Waals surface area contributed by atoms with Gasteiger partial charge in [-0.05, 0) is 18.2 Å². The summed E-state index contributed by atoms with van der Waals surface area (Å²) in [5.74, 6) is -2.90. The van der Waals surface area contributed by atoms with Gasteiger partial charge in [0.25, 0.3) is 5.54 Å². The van der Waals surface area contributed by atoms with E-state index in [1.165, 1.54) is 6.20 Å². The van der Waals surface area contributed by atoms with Crippen LogP contribution < -0.4 is 10.4 Å². The molecule has 1 aliphatic heterocycles. The summed E-state index contributed by atoms with van der Waals surface area (Å²) >= 11 is 0. The van der Waals surface area contributed by atoms with Crippen molar-refractivity contribution in [3.8, 4) is 0 Å². The van der Waals surface area contributed by atoms with Crippen LogP contribution in [0, 0.1) is 0 Å². The minimum absolute atomic E-state index is 0.460. The molecule has 0 saturated carbocycles. The second kappa shape index (κ2) is 3.82. The summed E-state index contributed by atoms with van der Waals surface area (Å²) in [6, 6.07) is 8.41. The van der Waals surface area contributed by atoms with E-state index in [1.807, 2.05) is 0 Å². The van der Waals surface area contributed by atoms with E-state index in [4.69, 9.17) is 10.2 Å². The highest BCUT2D eigenvalue weighted by molar-refractivity contribution is 6.09. The van der Waals surface area contributed by atoms with Crippen molar-refractivity contribution in [2.24, 2.45) is 0 Å². The Bertz CT molecular complexity index is 470. The van der Waals surface area contributed by atoms with Crippen LogP contribution in [-0.2, 0) is 9.59 Å². The number of carboxylic acids is 2. The molecule has 0 atom stereocenters. The van der Waals surface area contributed by atoms with Gasteiger partial charge in [-0.1, -0.05) is 18.2 Å². The van der Waals surface area contributed by atoms with E-state index >= 15 is 0 Å². The van der Waals surface area contributed by atoms with E-state index in [9.17, 15) is 9.59 Å². The Balaban J connectivity index is 2.49. The second-order valence-corrected chi connectivity index (χ2v) is 3.51. The molecule has 88 valence electrons. The lowest BCUT2D eigenvalue weighted by Crippen LogP contribution is -2.59. The number of hydrogen-bond donors (Lipinski definition) is 3. The van der Waals surface area contributed by atoms with Crippen LogP contribution >= 0.6 is 0 Å². The third-order valence-electron chi connectivity index (χ3n) is 2.55. The van der Waals surface area contributed by atoms with Crippen molar-refractivity contribution in [2.45, 2.75) is 5.54 Å². The SMILES string of the molecule is O=C(O)C1(C(=O)O)C=CNN1c1ccccc1. The molecule has 6 nitrogen and oxygen atoms in total. The van der Waals surface area contributed by atoms with Crippen LogP contribution in [0.15, 0.2) is 42.6 Å². The molecule has 0 unspecified atom stereocenters. The number of nitrogens with one attached hydrogen (secondary N) is 1. The van der Waals surface area contributed by atoms with Gasteiger partial charge in [-0.3, -0.25) is 5.01 Å². The molecule has 0 aromatic heterocycles. The van der Waals surface area contributed by atoms with Gasteiger partial charge in [-0.2, -0.15) is 0 Å². The van der Waals surface area contributed by atoms with Crippen LogP contribution in [0.5, 0.6) is 0 Å². The van der Waals surface area contributed by atoms with Crippen LogP contribution in [0.25, 0.3) is 0 Å². The van der Waals surface area contributed by atoms with Gasteiger partial charge in [0.05, 0.1) is 5.69 Å². The second-order valence-electron chi connectivity index (χ2n) is 3.51. The first kappa shape index (κ1) is 11.0. The van der Waals surface area contributed by atoms with E-state index < -0.39 is 17.5 Å². The highest BCUT2D eigenvalue weighted by atomic mass is 16.4. The normalized spacial score (nSPS) is 16.6. The molecule has 0 bridgehead atoms. The van der Waals surface area contributed by atoms with Crippen LogP contribution in [0.3, 0.4) is 0 Å². The molecule has 1 aromatic carbocycles. The number of hydrazine groups is 1. The smallest absolute Gasteiger partial charge is 0.347 e. The Kier molecular flexibility index (Phi) is 2.47. The average Bonchev–Trinajstić information content (AvgIpc) is 2.75. The lowest BCUT2D eigenvalue weighted by Gasteiger charge is -2.31. The third-order valence-corrected chi connectivity index (χ3v) is 2.55. The number of nitrogens with zero attached hydrogens (tertiary/aromatic N) is 1. The molecule has 0 radical (unpaired) electrons. The molecular weight excluding hydrogens is 224 g/mol. The van der Waals surface area contributed by atoms with Gasteiger partial charge in [0.1, 0.15) is 0 Å². The number of aliphatic carboxylic acids is 2. The molecule has 3 N–H and O–H groups in total. The predicted molar refractivity (Wildman–Crippen MR) is 59.2 cm³/mol. The highest BCUT2D eigenvalue weighted by Gasteiger charge is 2.53. The molecule has 6 heteroatoms. The zero-order valence-corrected chi connectivity index (χ0v) is 8.70. The van der Waals surface area contributed by atoms with Crippen LogP contribution in [0.4, 0.5) is 5.69 Å². The van der Waals surface area contributed by atoms with Crippen molar-refractivity contribution in [3.63, 3.8) is 0 Å². The number of anilines is 1. The van der Waals surface area contributed by atoms with Crippen LogP contribution in [0.1, 0.15) is 0 Å². The van der Waals surface area contributed by atoms with Gasteiger partial charge in [0, 0.05) is 6.20 Å². The molecule has 0 saturated heterocycles. The standard InChI is InChI=1S/C11H10N2O4/c14-9(15)11(10(16)17)6-7-12-13(11)8-4-2-1-3-5-8/h1-7,12H,(H,14,15)(H,16,17). The van der Waals surface area contributed by atoms with Gasteiger partial charge in [0.2, 0.25) is 0 Å². The fourth-order valence-electron chi connectivity index (χ4n) is 1.69. The van der Waals surface area contributed by atoms with Crippen molar-refractivity contribution < 1.29 is 19.8 Å². The maximum atomic E-state index is 11.2. The summed E-state index contributed by atoms with van der Waals surface area (Å²) in [4.78, 5) is 22.5. The third kappa shape index (κ3) is 1.50. The van der Waals surface area contributed by atoms with E-state index in [0.717, 1.165) is 11.1 Å². The maximum absolute atomic E-state index is 11.2. The summed E-state index contributed by atoms with van der Waals surface area (Å²) in [5, 5.41) is 19.4. The average molecular weight is 234 g/mol. The topological polar surface area (TPSA) is 89.9 Å². The van der Waals surface area contributed by atoms with Crippen molar-refractivity contribution in [1.29, 1.82) is 0 Å². The van der Waals surface area contributed by atoms with Gasteiger partial charge in [0.15, 0.2) is 0 Å². The summed E-state index contributed by atoms with van der Waals surface area (Å²) in [7, 11) is 0. The summed E-state index contributed by atoms with van der Waals surface area (Å²) < 4.78 is 0. The number of carbonyl (C=O) groups is 2. The Morgan fingerprint density at radius 3 is 2.24 bits per heavy atom. The Labute approximate surface area is 96.8 Å². The highest BCUT2D eigenvalue weighted by Crippen LogP contribution is 2.27. The first-order chi connectivity index (χ1) is 8.09. The number of hydrogen-bond acceptors (Lipinski definition) is 4. The van der Waals surface area contributed by atoms with Gasteiger partial charge in [-0.15, -0.1) is 0 Å². The summed E-state index contributed by atoms with van der Waals surface area (Å²) in [6.45, 7) is 0. The van der Waals surface area contributed by atoms with Gasteiger partial charge in [-0.25, -0.2) is 9.59 Å². The van der Waals surface area contributed by atoms with E-state index in [0.29, 0.717) is 5.69 Å². The monoisotopic (exact) mass is 234 g/mol. The van der Waals surface area contributed by atoms with Crippen molar-refractivity contribution in [2.75, 3.05) is 5.01 Å². The quantitative estimate of drug-likeness (QED) is 0.657. The Hall–Kier alpha value is -2.50. The molecule has 0 aliphatic carbocycles. The first-order valence-electron chi connectivity index (χ1n) is 4.85. The molecular formula is C11H10N2O4. The molecule has 17 heavy (non-hydrogen) atoms. The largest absolute Gasteiger partial charge is 0.479 e. The first-order valence-corrected chi connectivity index (χ1v) is 4.85. The number of benzene rings is 1. The van der Waals surface area contributed by atoms with E-state index in [2.05, 4.69) is 5.43 Å². The molecule has 1 aromatic rings. The minimum atomic E-state index is -2.11. The fourth-order valence-corrected chi connectivity index (χ4v) is 1.69. The van der Waals surface area contributed by atoms with Crippen molar-refractivity contribution in [1.82, 2.24) is 5.43 Å². The maximum Gasteiger partial charge on any atom is 0.347 e. The molecule has 1 aliphatic rings. The number of carboxylic acid groups (broad SMARTS) is 2. The Morgan fingerprint density at radius 1 is 1.12 bits per heavy atom. The molecule has 0 fully saturated rings. The molecule has 0 spiro atoms. The Morgan fingerprint density at radius 2 is 1.71 bits per heavy atom. The lowest BCUT2D eigenvalue weighted by molar-refractivity contribution is -0.154. The van der Waals surface area contributed by atoms with E-state index in [-0.39, 0.29) is 0 Å². The zero-order chi connectivity index (χ0) is 12.5. The zero-order valence-electron chi connectivity index (χ0n) is 8.70. The summed E-state index contributed by atoms with van der Waals surface area (Å²) in [5.41, 5.74) is 0.968. The van der Waals surface area contributed by atoms with Gasteiger partial charge < -0.3 is 15.6 Å². The minimum Gasteiger partial charge on any atom is -0.479 e. The summed E-state index contributed by atoms with van der Waals surface area (Å²) in [6.07, 6.45) is 2.40.